The smallest absolute Gasteiger partial charge is 0.381 e. The minimum Gasteiger partial charge on any atom is -0.381 e. The molecule has 172 valence electrons. The van der Waals surface area contributed by atoms with Crippen LogP contribution in [0.25, 0.3) is 0 Å². The Morgan fingerprint density at radius 2 is 1.61 bits per heavy atom. The second kappa shape index (κ2) is 11.3. The second-order valence-corrected chi connectivity index (χ2v) is 9.36. The van der Waals surface area contributed by atoms with Crippen LogP contribution in [0, 0.1) is 23.7 Å². The van der Waals surface area contributed by atoms with Crippen molar-refractivity contribution in [3.05, 3.63) is 47.5 Å². The molecule has 0 spiro atoms. The van der Waals surface area contributed by atoms with Gasteiger partial charge in [0.1, 0.15) is 0 Å². The average Bonchev–Trinajstić information content (AvgIpc) is 2.78. The zero-order valence-corrected chi connectivity index (χ0v) is 18.5. The third kappa shape index (κ3) is 6.93. The molecule has 0 aliphatic heterocycles. The first-order valence-electron chi connectivity index (χ1n) is 11.7. The van der Waals surface area contributed by atoms with Crippen LogP contribution in [0.4, 0.5) is 13.2 Å². The molecule has 0 unspecified atom stereocenters. The Labute approximate surface area is 184 Å². The van der Waals surface area contributed by atoms with Crippen molar-refractivity contribution in [2.75, 3.05) is 13.7 Å². The van der Waals surface area contributed by atoms with E-state index in [-0.39, 0.29) is 5.56 Å². The molecule has 5 heteroatoms. The number of benzene rings is 1. The van der Waals surface area contributed by atoms with Gasteiger partial charge in [-0.05, 0) is 80.6 Å². The normalized spacial score (nSPS) is 27.5. The van der Waals surface area contributed by atoms with Crippen LogP contribution in [0.3, 0.4) is 0 Å². The van der Waals surface area contributed by atoms with E-state index < -0.39 is 12.0 Å². The molecule has 1 aromatic rings. The van der Waals surface area contributed by atoms with Gasteiger partial charge in [-0.1, -0.05) is 49.3 Å². The lowest BCUT2D eigenvalue weighted by Crippen LogP contribution is -2.26. The van der Waals surface area contributed by atoms with Crippen LogP contribution in [0.2, 0.25) is 0 Å². The monoisotopic (exact) mass is 436 g/mol. The lowest BCUT2D eigenvalue weighted by atomic mass is 9.68. The third-order valence-corrected chi connectivity index (χ3v) is 7.39. The fraction of sp³-hybridized carbons (Fsp3) is 0.654. The van der Waals surface area contributed by atoms with Gasteiger partial charge < -0.3 is 4.74 Å². The summed E-state index contributed by atoms with van der Waals surface area (Å²) in [6, 6.07) is 6.21. The largest absolute Gasteiger partial charge is 0.454 e. The van der Waals surface area contributed by atoms with Gasteiger partial charge in [0.05, 0.1) is 6.61 Å². The van der Waals surface area contributed by atoms with Crippen LogP contribution < -0.4 is 0 Å². The molecule has 2 fully saturated rings. The number of ketones is 1. The second-order valence-electron chi connectivity index (χ2n) is 9.36. The molecule has 2 nitrogen and oxygen atoms in total. The molecule has 0 N–H and O–H groups in total. The van der Waals surface area contributed by atoms with Crippen molar-refractivity contribution >= 4 is 5.78 Å². The van der Waals surface area contributed by atoms with E-state index in [1.165, 1.54) is 50.7 Å². The van der Waals surface area contributed by atoms with E-state index >= 15 is 0 Å². The summed E-state index contributed by atoms with van der Waals surface area (Å²) in [5.74, 6) is 1.16. The standard InChI is InChI=1S/C26H35F3O2/c1-31-18-4-5-19-8-13-21(14-9-19)22-15-10-20(11-16-22)12-17-23-6-2-3-7-24(23)25(30)26(27,28)29/h2-7,19-22H,8-18H2,1H3/b5-4+/t19-,20?,21-,22?. The van der Waals surface area contributed by atoms with Crippen molar-refractivity contribution in [1.29, 1.82) is 0 Å². The molecule has 2 aliphatic carbocycles. The molecule has 3 rings (SSSR count). The number of hydrogen-bond acceptors (Lipinski definition) is 2. The Kier molecular flexibility index (Phi) is 8.76. The maximum absolute atomic E-state index is 12.9. The van der Waals surface area contributed by atoms with E-state index in [1.54, 1.807) is 19.2 Å². The zero-order valence-electron chi connectivity index (χ0n) is 18.5. The van der Waals surface area contributed by atoms with Gasteiger partial charge in [-0.2, -0.15) is 13.2 Å². The van der Waals surface area contributed by atoms with Gasteiger partial charge in [-0.25, -0.2) is 0 Å². The van der Waals surface area contributed by atoms with Gasteiger partial charge in [0.15, 0.2) is 0 Å². The molecule has 0 bridgehead atoms. The fourth-order valence-corrected chi connectivity index (χ4v) is 5.57. The molecule has 0 radical (unpaired) electrons. The SMILES string of the molecule is COC/C=C/[C@H]1CC[C@H](C2CCC(CCc3ccccc3C(=O)C(F)(F)F)CC2)CC1. The molecule has 31 heavy (non-hydrogen) atoms. The number of methoxy groups -OCH3 is 1. The summed E-state index contributed by atoms with van der Waals surface area (Å²) < 4.78 is 43.7. The molecule has 2 saturated carbocycles. The van der Waals surface area contributed by atoms with Crippen molar-refractivity contribution < 1.29 is 22.7 Å². The predicted octanol–water partition coefficient (Wildman–Crippen LogP) is 7.18. The van der Waals surface area contributed by atoms with E-state index in [0.717, 1.165) is 31.1 Å². The average molecular weight is 437 g/mol. The van der Waals surface area contributed by atoms with E-state index in [0.29, 0.717) is 30.4 Å². The van der Waals surface area contributed by atoms with E-state index in [2.05, 4.69) is 12.2 Å². The highest BCUT2D eigenvalue weighted by Crippen LogP contribution is 2.42. The summed E-state index contributed by atoms with van der Waals surface area (Å²) in [6.07, 6.45) is 11.0. The topological polar surface area (TPSA) is 26.3 Å². The highest BCUT2D eigenvalue weighted by atomic mass is 19.4. The van der Waals surface area contributed by atoms with Crippen molar-refractivity contribution in [1.82, 2.24) is 0 Å². The van der Waals surface area contributed by atoms with Gasteiger partial charge in [-0.3, -0.25) is 4.79 Å². The number of hydrogen-bond donors (Lipinski definition) is 0. The van der Waals surface area contributed by atoms with Crippen molar-refractivity contribution in [3.63, 3.8) is 0 Å². The minimum absolute atomic E-state index is 0.181. The molecule has 0 heterocycles. The van der Waals surface area contributed by atoms with E-state index in [4.69, 9.17) is 4.74 Å². The van der Waals surface area contributed by atoms with E-state index in [1.807, 2.05) is 0 Å². The van der Waals surface area contributed by atoms with Crippen LogP contribution >= 0.6 is 0 Å². The van der Waals surface area contributed by atoms with Gasteiger partial charge in [0.25, 0.3) is 5.78 Å². The maximum Gasteiger partial charge on any atom is 0.454 e. The molecular formula is C26H35F3O2. The Morgan fingerprint density at radius 3 is 2.23 bits per heavy atom. The summed E-state index contributed by atoms with van der Waals surface area (Å²) in [6.45, 7) is 0.693. The molecule has 1 aromatic carbocycles. The van der Waals surface area contributed by atoms with Crippen molar-refractivity contribution in [3.8, 4) is 0 Å². The highest BCUT2D eigenvalue weighted by molar-refractivity contribution is 6.01. The van der Waals surface area contributed by atoms with Crippen molar-refractivity contribution in [2.45, 2.75) is 70.4 Å². The summed E-state index contributed by atoms with van der Waals surface area (Å²) in [7, 11) is 1.72. The summed E-state index contributed by atoms with van der Waals surface area (Å²) in [5.41, 5.74) is 0.354. The number of carbonyl (C=O) groups excluding carboxylic acids is 1. The highest BCUT2D eigenvalue weighted by Gasteiger charge is 2.40. The lowest BCUT2D eigenvalue weighted by Gasteiger charge is -2.37. The molecule has 0 aromatic heterocycles. The Bertz CT molecular complexity index is 724. The minimum atomic E-state index is -4.81. The lowest BCUT2D eigenvalue weighted by molar-refractivity contribution is -0.0885. The Hall–Kier alpha value is -1.62. The van der Waals surface area contributed by atoms with Crippen LogP contribution in [0.5, 0.6) is 0 Å². The number of aryl methyl sites for hydroxylation is 1. The van der Waals surface area contributed by atoms with Gasteiger partial charge in [0, 0.05) is 12.7 Å². The summed E-state index contributed by atoms with van der Waals surface area (Å²) in [5, 5.41) is 0. The molecular weight excluding hydrogens is 401 g/mol. The molecule has 0 amide bonds. The van der Waals surface area contributed by atoms with E-state index in [9.17, 15) is 18.0 Å². The Morgan fingerprint density at radius 1 is 1.00 bits per heavy atom. The fourth-order valence-electron chi connectivity index (χ4n) is 5.57. The molecule has 0 saturated heterocycles. The number of rotatable bonds is 8. The number of ether oxygens (including phenoxy) is 1. The maximum atomic E-state index is 12.9. The van der Waals surface area contributed by atoms with Gasteiger partial charge >= 0.3 is 6.18 Å². The Balaban J connectivity index is 1.43. The van der Waals surface area contributed by atoms with Crippen molar-refractivity contribution in [2.24, 2.45) is 23.7 Å². The van der Waals surface area contributed by atoms with Crippen LogP contribution in [-0.4, -0.2) is 25.7 Å². The number of allylic oxidation sites excluding steroid dienone is 1. The first-order chi connectivity index (χ1) is 14.9. The number of Topliss-reactive ketones (excluding diaryl/α,β-unsaturated/α-hetero) is 1. The number of alkyl halides is 3. The van der Waals surface area contributed by atoms with Gasteiger partial charge in [0.2, 0.25) is 0 Å². The number of carbonyl (C=O) groups is 1. The predicted molar refractivity (Wildman–Crippen MR) is 117 cm³/mol. The zero-order chi connectivity index (χ0) is 22.3. The quantitative estimate of drug-likeness (QED) is 0.319. The summed E-state index contributed by atoms with van der Waals surface area (Å²) >= 11 is 0. The van der Waals surface area contributed by atoms with Crippen LogP contribution in [0.1, 0.15) is 73.7 Å². The summed E-state index contributed by atoms with van der Waals surface area (Å²) in [4.78, 5) is 11.7. The first-order valence-corrected chi connectivity index (χ1v) is 11.7. The molecule has 0 atom stereocenters. The third-order valence-electron chi connectivity index (χ3n) is 7.39. The van der Waals surface area contributed by atoms with Gasteiger partial charge in [-0.15, -0.1) is 0 Å². The van der Waals surface area contributed by atoms with Crippen LogP contribution in [-0.2, 0) is 11.2 Å². The first kappa shape index (κ1) is 24.0. The van der Waals surface area contributed by atoms with Crippen LogP contribution in [0.15, 0.2) is 36.4 Å². The number of halogens is 3. The molecule has 2 aliphatic rings.